The van der Waals surface area contributed by atoms with E-state index in [1.807, 2.05) is 49.4 Å². The smallest absolute Gasteiger partial charge is 0.267 e. The fourth-order valence-electron chi connectivity index (χ4n) is 4.17. The van der Waals surface area contributed by atoms with E-state index in [1.54, 1.807) is 12.1 Å². The molecule has 0 radical (unpaired) electrons. The fraction of sp³-hybridized carbons (Fsp3) is 0.148. The van der Waals surface area contributed by atoms with Crippen LogP contribution in [-0.4, -0.2) is 19.3 Å². The molecule has 164 valence electrons. The summed E-state index contributed by atoms with van der Waals surface area (Å²) in [7, 11) is 0. The van der Waals surface area contributed by atoms with Gasteiger partial charge in [0.15, 0.2) is 0 Å². The Labute approximate surface area is 192 Å². The molecule has 0 amide bonds. The van der Waals surface area contributed by atoms with E-state index < -0.39 is 0 Å². The molecule has 0 fully saturated rings. The Morgan fingerprint density at radius 1 is 1.09 bits per heavy atom. The number of hydrogen-bond acceptors (Lipinski definition) is 4. The fourth-order valence-corrected chi connectivity index (χ4v) is 4.17. The maximum Gasteiger partial charge on any atom is 0.267 e. The van der Waals surface area contributed by atoms with Crippen LogP contribution in [0, 0.1) is 6.92 Å². The van der Waals surface area contributed by atoms with Crippen molar-refractivity contribution in [2.45, 2.75) is 26.6 Å². The zero-order chi connectivity index (χ0) is 22.8. The number of hydrogen-bond donors (Lipinski definition) is 1. The van der Waals surface area contributed by atoms with Gasteiger partial charge in [0, 0.05) is 19.2 Å². The number of aryl methyl sites for hydroxylation is 1. The van der Waals surface area contributed by atoms with Crippen molar-refractivity contribution in [1.82, 2.24) is 19.3 Å². The molecule has 0 saturated heterocycles. The highest BCUT2D eigenvalue weighted by atomic mass is 16.1. The third-order valence-electron chi connectivity index (χ3n) is 5.80. The van der Waals surface area contributed by atoms with E-state index in [-0.39, 0.29) is 5.56 Å². The van der Waals surface area contributed by atoms with Gasteiger partial charge in [-0.1, -0.05) is 67.3 Å². The Morgan fingerprint density at radius 3 is 2.82 bits per heavy atom. The van der Waals surface area contributed by atoms with Gasteiger partial charge in [0.1, 0.15) is 0 Å². The van der Waals surface area contributed by atoms with Crippen LogP contribution in [0.1, 0.15) is 22.4 Å². The molecule has 2 aromatic carbocycles. The molecule has 3 heterocycles. The van der Waals surface area contributed by atoms with E-state index in [0.29, 0.717) is 19.6 Å². The van der Waals surface area contributed by atoms with E-state index in [1.165, 1.54) is 4.68 Å². The van der Waals surface area contributed by atoms with Crippen molar-refractivity contribution in [2.75, 3.05) is 5.32 Å². The Balaban J connectivity index is 1.73. The minimum absolute atomic E-state index is 0.109. The molecule has 6 nitrogen and oxygen atoms in total. The quantitative estimate of drug-likeness (QED) is 0.464. The second kappa shape index (κ2) is 8.74. The molecule has 4 aromatic rings. The Kier molecular flexibility index (Phi) is 5.48. The van der Waals surface area contributed by atoms with Crippen LogP contribution in [0.2, 0.25) is 0 Å². The van der Waals surface area contributed by atoms with E-state index in [0.717, 1.165) is 44.9 Å². The molecule has 1 aliphatic heterocycles. The largest absolute Gasteiger partial charge is 0.352 e. The van der Waals surface area contributed by atoms with E-state index in [9.17, 15) is 4.79 Å². The SMILES string of the molecule is C=C/C=C\C1=C/Cn2c(nc3ccccc32)NCc2cccc(c2)Cn2nc1c(C)cc2=O. The standard InChI is InChI=1S/C27H25N5O/c1-3-4-10-22-13-14-31-24-12-6-5-11-23(24)29-27(31)28-17-20-8-7-9-21(16-20)18-32-25(33)15-19(2)26(22)30-32/h3-13,15-16H,1,14,17-18H2,2H3,(H,28,29)/b10-4-,22-13+. The van der Waals surface area contributed by atoms with Gasteiger partial charge in [-0.2, -0.15) is 5.10 Å². The summed E-state index contributed by atoms with van der Waals surface area (Å²) in [6.07, 6.45) is 7.73. The molecule has 33 heavy (non-hydrogen) atoms. The van der Waals surface area contributed by atoms with Gasteiger partial charge in [0.25, 0.3) is 5.56 Å². The Bertz CT molecular complexity index is 1470. The third kappa shape index (κ3) is 4.15. The average Bonchev–Trinajstić information content (AvgIpc) is 3.17. The molecule has 2 aromatic heterocycles. The number of nitrogens with zero attached hydrogens (tertiary/aromatic N) is 4. The van der Waals surface area contributed by atoms with Gasteiger partial charge in [-0.25, -0.2) is 9.67 Å². The monoisotopic (exact) mass is 435 g/mol. The van der Waals surface area contributed by atoms with Gasteiger partial charge in [-0.3, -0.25) is 4.79 Å². The van der Waals surface area contributed by atoms with Gasteiger partial charge in [0.2, 0.25) is 5.95 Å². The molecule has 4 bridgehead atoms. The highest BCUT2D eigenvalue weighted by molar-refractivity contribution is 5.79. The predicted octanol–water partition coefficient (Wildman–Crippen LogP) is 4.70. The van der Waals surface area contributed by atoms with Gasteiger partial charge in [-0.05, 0) is 41.3 Å². The van der Waals surface area contributed by atoms with Gasteiger partial charge < -0.3 is 9.88 Å². The maximum absolute atomic E-state index is 12.7. The number of allylic oxidation sites excluding steroid dienone is 5. The summed E-state index contributed by atoms with van der Waals surface area (Å²) >= 11 is 0. The van der Waals surface area contributed by atoms with Gasteiger partial charge >= 0.3 is 0 Å². The molecule has 6 heteroatoms. The molecular formula is C27H25N5O. The number of anilines is 1. The first-order valence-corrected chi connectivity index (χ1v) is 11.0. The number of nitrogens with one attached hydrogen (secondary N) is 1. The van der Waals surface area contributed by atoms with E-state index >= 15 is 0 Å². The lowest BCUT2D eigenvalue weighted by molar-refractivity contribution is 0.631. The molecule has 5 rings (SSSR count). The first kappa shape index (κ1) is 20.7. The first-order valence-electron chi connectivity index (χ1n) is 11.0. The summed E-state index contributed by atoms with van der Waals surface area (Å²) in [6, 6.07) is 18.0. The lowest BCUT2D eigenvalue weighted by Gasteiger charge is -2.14. The zero-order valence-electron chi connectivity index (χ0n) is 18.5. The number of benzene rings is 2. The normalized spacial score (nSPS) is 15.4. The summed E-state index contributed by atoms with van der Waals surface area (Å²) < 4.78 is 3.70. The second-order valence-electron chi connectivity index (χ2n) is 8.13. The van der Waals surface area contributed by atoms with Crippen LogP contribution in [-0.2, 0) is 19.6 Å². The van der Waals surface area contributed by atoms with Gasteiger partial charge in [-0.15, -0.1) is 0 Å². The number of para-hydroxylation sites is 2. The lowest BCUT2D eigenvalue weighted by Crippen LogP contribution is -2.25. The van der Waals surface area contributed by atoms with Crippen LogP contribution in [0.25, 0.3) is 16.6 Å². The first-order chi connectivity index (χ1) is 16.1. The predicted molar refractivity (Wildman–Crippen MR) is 133 cm³/mol. The van der Waals surface area contributed by atoms with Crippen molar-refractivity contribution in [1.29, 1.82) is 0 Å². The Morgan fingerprint density at radius 2 is 1.94 bits per heavy atom. The van der Waals surface area contributed by atoms with Gasteiger partial charge in [0.05, 0.1) is 23.3 Å². The molecular weight excluding hydrogens is 410 g/mol. The van der Waals surface area contributed by atoms with Crippen molar-refractivity contribution in [3.63, 3.8) is 0 Å². The highest BCUT2D eigenvalue weighted by Gasteiger charge is 2.13. The molecule has 0 unspecified atom stereocenters. The van der Waals surface area contributed by atoms with Crippen molar-refractivity contribution >= 4 is 22.6 Å². The molecule has 0 spiro atoms. The van der Waals surface area contributed by atoms with Crippen LogP contribution in [0.3, 0.4) is 0 Å². The summed E-state index contributed by atoms with van der Waals surface area (Å²) in [5.74, 6) is 0.816. The lowest BCUT2D eigenvalue weighted by atomic mass is 10.1. The highest BCUT2D eigenvalue weighted by Crippen LogP contribution is 2.23. The summed E-state index contributed by atoms with van der Waals surface area (Å²) in [6.45, 7) is 7.37. The van der Waals surface area contributed by atoms with Crippen molar-refractivity contribution in [2.24, 2.45) is 0 Å². The average molecular weight is 436 g/mol. The van der Waals surface area contributed by atoms with Crippen molar-refractivity contribution < 1.29 is 0 Å². The third-order valence-corrected chi connectivity index (χ3v) is 5.80. The summed E-state index contributed by atoms with van der Waals surface area (Å²) in [4.78, 5) is 17.5. The minimum Gasteiger partial charge on any atom is -0.352 e. The Hall–Kier alpha value is -4.19. The van der Waals surface area contributed by atoms with Crippen molar-refractivity contribution in [3.05, 3.63) is 118 Å². The topological polar surface area (TPSA) is 64.7 Å². The second-order valence-corrected chi connectivity index (χ2v) is 8.13. The van der Waals surface area contributed by atoms with E-state index in [2.05, 4.69) is 40.7 Å². The minimum atomic E-state index is -0.109. The number of fused-ring (bicyclic) bond motifs is 7. The molecule has 0 aliphatic carbocycles. The molecule has 1 aliphatic rings. The molecule has 0 atom stereocenters. The van der Waals surface area contributed by atoms with Crippen LogP contribution in [0.5, 0.6) is 0 Å². The molecule has 0 saturated carbocycles. The summed E-state index contributed by atoms with van der Waals surface area (Å²) in [5.41, 5.74) is 6.57. The zero-order valence-corrected chi connectivity index (χ0v) is 18.5. The summed E-state index contributed by atoms with van der Waals surface area (Å²) in [5, 5.41) is 8.27. The van der Waals surface area contributed by atoms with Crippen LogP contribution >= 0.6 is 0 Å². The number of aromatic nitrogens is 4. The number of imidazole rings is 1. The van der Waals surface area contributed by atoms with Crippen LogP contribution in [0.4, 0.5) is 5.95 Å². The van der Waals surface area contributed by atoms with Crippen LogP contribution in [0.15, 0.2) is 90.3 Å². The molecule has 1 N–H and O–H groups in total. The van der Waals surface area contributed by atoms with Crippen molar-refractivity contribution in [3.8, 4) is 0 Å². The van der Waals surface area contributed by atoms with Crippen LogP contribution < -0.4 is 10.9 Å². The maximum atomic E-state index is 12.7. The van der Waals surface area contributed by atoms with E-state index in [4.69, 9.17) is 10.1 Å². The number of rotatable bonds is 2.